The van der Waals surface area contributed by atoms with E-state index in [-0.39, 0.29) is 5.82 Å². The van der Waals surface area contributed by atoms with Crippen LogP contribution in [0.1, 0.15) is 32.1 Å². The Morgan fingerprint density at radius 3 is 2.94 bits per heavy atom. The first-order valence-corrected chi connectivity index (χ1v) is 5.69. The number of aromatic nitrogens is 2. The highest BCUT2D eigenvalue weighted by Gasteiger charge is 2.17. The van der Waals surface area contributed by atoms with Crippen molar-refractivity contribution in [3.05, 3.63) is 16.3 Å². The van der Waals surface area contributed by atoms with Gasteiger partial charge in [0.05, 0.1) is 0 Å². The molecule has 0 aromatic carbocycles. The van der Waals surface area contributed by atoms with E-state index in [4.69, 9.17) is 0 Å². The van der Waals surface area contributed by atoms with Crippen LogP contribution in [0.3, 0.4) is 0 Å². The molecule has 0 saturated heterocycles. The highest BCUT2D eigenvalue weighted by atomic mass is 16.6. The molecule has 2 rings (SSSR count). The Morgan fingerprint density at radius 1 is 1.50 bits per heavy atom. The normalized spacial score (nSPS) is 17.2. The molecule has 6 nitrogen and oxygen atoms in total. The molecule has 88 valence electrons. The average molecular weight is 224 g/mol. The fourth-order valence-electron chi connectivity index (χ4n) is 2.19. The van der Waals surface area contributed by atoms with Crippen LogP contribution in [0.25, 0.3) is 0 Å². The lowest BCUT2D eigenvalue weighted by Crippen LogP contribution is -2.17. The van der Waals surface area contributed by atoms with Crippen molar-refractivity contribution in [2.24, 2.45) is 5.92 Å². The second kappa shape index (κ2) is 4.96. The molecule has 2 N–H and O–H groups in total. The molecule has 0 aliphatic heterocycles. The maximum Gasteiger partial charge on any atom is 0.366 e. The summed E-state index contributed by atoms with van der Waals surface area (Å²) in [6, 6.07) is 0. The quantitative estimate of drug-likeness (QED) is 0.607. The molecule has 0 atom stereocenters. The number of H-pyrrole nitrogens is 1. The first-order chi connectivity index (χ1) is 7.77. The number of rotatable bonds is 4. The van der Waals surface area contributed by atoms with Crippen molar-refractivity contribution in [3.8, 4) is 0 Å². The molecule has 0 spiro atoms. The second-order valence-corrected chi connectivity index (χ2v) is 4.27. The molecular formula is C10H16N4O2. The van der Waals surface area contributed by atoms with Gasteiger partial charge in [-0.05, 0) is 23.7 Å². The Morgan fingerprint density at radius 2 is 2.25 bits per heavy atom. The van der Waals surface area contributed by atoms with E-state index in [9.17, 15) is 10.1 Å². The minimum absolute atomic E-state index is 0.0455. The summed E-state index contributed by atoms with van der Waals surface area (Å²) in [6.45, 7) is 0.806. The third-order valence-electron chi connectivity index (χ3n) is 3.11. The van der Waals surface area contributed by atoms with Crippen molar-refractivity contribution in [3.63, 3.8) is 0 Å². The van der Waals surface area contributed by atoms with Crippen molar-refractivity contribution in [2.45, 2.75) is 32.1 Å². The van der Waals surface area contributed by atoms with Gasteiger partial charge >= 0.3 is 5.82 Å². The summed E-state index contributed by atoms with van der Waals surface area (Å²) in [7, 11) is 0. The van der Waals surface area contributed by atoms with Gasteiger partial charge in [0.2, 0.25) is 0 Å². The fraction of sp³-hybridized carbons (Fsp3) is 0.700. The van der Waals surface area contributed by atoms with Gasteiger partial charge in [0.25, 0.3) is 0 Å². The van der Waals surface area contributed by atoms with E-state index in [1.807, 2.05) is 0 Å². The zero-order chi connectivity index (χ0) is 11.4. The van der Waals surface area contributed by atoms with Gasteiger partial charge in [-0.15, -0.1) is 5.10 Å². The number of hydrogen-bond acceptors (Lipinski definition) is 4. The maximum absolute atomic E-state index is 10.6. The van der Waals surface area contributed by atoms with Crippen LogP contribution in [-0.2, 0) is 0 Å². The monoisotopic (exact) mass is 224 g/mol. The Balaban J connectivity index is 1.88. The predicted molar refractivity (Wildman–Crippen MR) is 60.3 cm³/mol. The third kappa shape index (κ3) is 2.50. The lowest BCUT2D eigenvalue weighted by atomic mass is 9.89. The molecule has 0 radical (unpaired) electrons. The molecule has 0 unspecified atom stereocenters. The smallest absolute Gasteiger partial charge is 0.366 e. The van der Waals surface area contributed by atoms with Gasteiger partial charge in [-0.3, -0.25) is 0 Å². The first-order valence-electron chi connectivity index (χ1n) is 5.69. The summed E-state index contributed by atoms with van der Waals surface area (Å²) >= 11 is 0. The Bertz CT molecular complexity index is 357. The summed E-state index contributed by atoms with van der Waals surface area (Å²) in [5.74, 6) is 0.596. The zero-order valence-corrected chi connectivity index (χ0v) is 9.11. The van der Waals surface area contributed by atoms with Crippen molar-refractivity contribution >= 4 is 11.5 Å². The van der Waals surface area contributed by atoms with E-state index in [1.165, 1.54) is 38.3 Å². The van der Waals surface area contributed by atoms with Gasteiger partial charge in [0.15, 0.2) is 5.69 Å². The number of hydrogen-bond donors (Lipinski definition) is 2. The van der Waals surface area contributed by atoms with Gasteiger partial charge < -0.3 is 15.4 Å². The molecule has 1 saturated carbocycles. The van der Waals surface area contributed by atoms with Crippen molar-refractivity contribution in [1.29, 1.82) is 0 Å². The Hall–Kier alpha value is -1.59. The van der Waals surface area contributed by atoms with Gasteiger partial charge in [-0.2, -0.15) is 0 Å². The largest absolute Gasteiger partial charge is 0.377 e. The van der Waals surface area contributed by atoms with Crippen LogP contribution >= 0.6 is 0 Å². The molecule has 1 fully saturated rings. The van der Waals surface area contributed by atoms with Crippen LogP contribution in [-0.4, -0.2) is 21.7 Å². The third-order valence-corrected chi connectivity index (χ3v) is 3.11. The minimum Gasteiger partial charge on any atom is -0.377 e. The highest BCUT2D eigenvalue weighted by Crippen LogP contribution is 2.25. The molecule has 0 amide bonds. The summed E-state index contributed by atoms with van der Waals surface area (Å²) < 4.78 is 0. The SMILES string of the molecule is O=[N+]([O-])c1[nH]ncc1NCC1CCCCC1. The van der Waals surface area contributed by atoms with E-state index in [0.29, 0.717) is 11.6 Å². The summed E-state index contributed by atoms with van der Waals surface area (Å²) in [5.41, 5.74) is 0.496. The number of nitrogens with zero attached hydrogens (tertiary/aromatic N) is 2. The van der Waals surface area contributed by atoms with Crippen LogP contribution in [0.4, 0.5) is 11.5 Å². The molecule has 0 bridgehead atoms. The molecule has 1 aromatic rings. The van der Waals surface area contributed by atoms with E-state index < -0.39 is 4.92 Å². The lowest BCUT2D eigenvalue weighted by molar-refractivity contribution is -0.388. The maximum atomic E-state index is 10.6. The molecule has 1 aliphatic carbocycles. The van der Waals surface area contributed by atoms with E-state index in [0.717, 1.165) is 6.54 Å². The molecular weight excluding hydrogens is 208 g/mol. The predicted octanol–water partition coefficient (Wildman–Crippen LogP) is 2.31. The molecule has 1 heterocycles. The van der Waals surface area contributed by atoms with Crippen LogP contribution in [0.15, 0.2) is 6.20 Å². The Kier molecular flexibility index (Phi) is 3.38. The summed E-state index contributed by atoms with van der Waals surface area (Å²) in [5, 5.41) is 19.8. The molecule has 6 heteroatoms. The summed E-state index contributed by atoms with van der Waals surface area (Å²) in [4.78, 5) is 10.2. The van der Waals surface area contributed by atoms with Crippen molar-refractivity contribution < 1.29 is 4.92 Å². The topological polar surface area (TPSA) is 83.8 Å². The molecule has 16 heavy (non-hydrogen) atoms. The lowest BCUT2D eigenvalue weighted by Gasteiger charge is -2.21. The van der Waals surface area contributed by atoms with Gasteiger partial charge in [0.1, 0.15) is 6.20 Å². The zero-order valence-electron chi connectivity index (χ0n) is 9.11. The second-order valence-electron chi connectivity index (χ2n) is 4.27. The van der Waals surface area contributed by atoms with Crippen LogP contribution < -0.4 is 5.32 Å². The van der Waals surface area contributed by atoms with Gasteiger partial charge in [-0.1, -0.05) is 24.4 Å². The Labute approximate surface area is 93.6 Å². The number of anilines is 1. The average Bonchev–Trinajstić information content (AvgIpc) is 2.76. The van der Waals surface area contributed by atoms with Crippen molar-refractivity contribution in [2.75, 3.05) is 11.9 Å². The van der Waals surface area contributed by atoms with Gasteiger partial charge in [0, 0.05) is 6.54 Å². The molecule has 1 aliphatic rings. The van der Waals surface area contributed by atoms with Crippen LogP contribution in [0.2, 0.25) is 0 Å². The number of aromatic amines is 1. The van der Waals surface area contributed by atoms with Gasteiger partial charge in [-0.25, -0.2) is 0 Å². The van der Waals surface area contributed by atoms with Crippen LogP contribution in [0.5, 0.6) is 0 Å². The number of nitro groups is 1. The minimum atomic E-state index is -0.448. The van der Waals surface area contributed by atoms with Crippen LogP contribution in [0, 0.1) is 16.0 Å². The van der Waals surface area contributed by atoms with E-state index in [2.05, 4.69) is 15.5 Å². The summed E-state index contributed by atoms with van der Waals surface area (Å²) in [6.07, 6.45) is 7.79. The van der Waals surface area contributed by atoms with E-state index in [1.54, 1.807) is 0 Å². The van der Waals surface area contributed by atoms with Crippen molar-refractivity contribution in [1.82, 2.24) is 10.2 Å². The fourth-order valence-corrected chi connectivity index (χ4v) is 2.19. The number of nitrogens with one attached hydrogen (secondary N) is 2. The standard InChI is InChI=1S/C10H16N4O2/c15-14(16)10-9(7-12-13-10)11-6-8-4-2-1-3-5-8/h7-8,11H,1-6H2,(H,12,13). The highest BCUT2D eigenvalue weighted by molar-refractivity contribution is 5.55. The molecule has 1 aromatic heterocycles. The first kappa shape index (κ1) is 10.9. The van der Waals surface area contributed by atoms with E-state index >= 15 is 0 Å².